The molecule has 0 aromatic heterocycles. The fourth-order valence-corrected chi connectivity index (χ4v) is 14.8. The molecular weight excluding hydrogens is 634 g/mol. The second-order valence-corrected chi connectivity index (χ2v) is 19.9. The topological polar surface area (TPSA) is 91.7 Å². The second-order valence-electron chi connectivity index (χ2n) is 14.0. The number of hydrogen-bond acceptors (Lipinski definition) is 5. The predicted molar refractivity (Wildman–Crippen MR) is 199 cm³/mol. The summed E-state index contributed by atoms with van der Waals surface area (Å²) in [5.41, 5.74) is -1.84. The van der Waals surface area contributed by atoms with E-state index in [9.17, 15) is 24.1 Å². The highest BCUT2D eigenvalue weighted by molar-refractivity contribution is 7.79. The Morgan fingerprint density at radius 2 is 1.00 bits per heavy atom. The molecule has 252 valence electrons. The molecular formula is C41H48O5P2. The highest BCUT2D eigenvalue weighted by Gasteiger charge is 2.51. The average Bonchev–Trinajstić information content (AvgIpc) is 3.10. The molecule has 0 saturated heterocycles. The van der Waals surface area contributed by atoms with E-state index in [2.05, 4.69) is 6.58 Å². The van der Waals surface area contributed by atoms with E-state index < -0.39 is 31.1 Å². The van der Waals surface area contributed by atoms with Crippen molar-refractivity contribution >= 4 is 41.3 Å². The van der Waals surface area contributed by atoms with Crippen LogP contribution in [0.5, 0.6) is 0 Å². The summed E-state index contributed by atoms with van der Waals surface area (Å²) in [5, 5.41) is 25.1. The number of ketones is 1. The summed E-state index contributed by atoms with van der Waals surface area (Å²) in [6.45, 7) is 9.72. The van der Waals surface area contributed by atoms with Crippen molar-refractivity contribution in [3.05, 3.63) is 133 Å². The highest BCUT2D eigenvalue weighted by Crippen LogP contribution is 2.58. The van der Waals surface area contributed by atoms with Gasteiger partial charge in [-0.25, -0.2) is 0 Å². The van der Waals surface area contributed by atoms with Gasteiger partial charge in [0.2, 0.25) is 0 Å². The Hall–Kier alpha value is -3.33. The SMILES string of the molecule is C=C(C)[C@H]1CC[C@@](C)(O)[C@H](P(=O)(c2ccccc2)c2ccccc2)C1.C[C@@]1(O)CCC(=O)C[C@H]1P(=O)(c1ccccc1)c1ccccc1. The first-order valence-electron chi connectivity index (χ1n) is 16.8. The largest absolute Gasteiger partial charge is 0.389 e. The summed E-state index contributed by atoms with van der Waals surface area (Å²) >= 11 is 0. The van der Waals surface area contributed by atoms with Crippen LogP contribution in [0.2, 0.25) is 0 Å². The molecule has 4 aromatic rings. The van der Waals surface area contributed by atoms with Crippen LogP contribution in [0.25, 0.3) is 0 Å². The molecule has 2 aliphatic carbocycles. The van der Waals surface area contributed by atoms with Gasteiger partial charge in [-0.05, 0) is 52.4 Å². The van der Waals surface area contributed by atoms with Gasteiger partial charge in [0.15, 0.2) is 0 Å². The second kappa shape index (κ2) is 14.7. The van der Waals surface area contributed by atoms with Crippen LogP contribution in [-0.4, -0.2) is 38.5 Å². The monoisotopic (exact) mass is 682 g/mol. The third-order valence-corrected chi connectivity index (χ3v) is 17.9. The molecule has 0 bridgehead atoms. The van der Waals surface area contributed by atoms with E-state index in [0.29, 0.717) is 42.2 Å². The summed E-state index contributed by atoms with van der Waals surface area (Å²) in [4.78, 5) is 12.0. The molecule has 0 unspecified atom stereocenters. The number of carbonyl (C=O) groups is 1. The van der Waals surface area contributed by atoms with Gasteiger partial charge in [0.1, 0.15) is 20.1 Å². The van der Waals surface area contributed by atoms with Crippen molar-refractivity contribution in [2.24, 2.45) is 5.92 Å². The average molecular weight is 683 g/mol. The number of aliphatic hydroxyl groups is 2. The van der Waals surface area contributed by atoms with E-state index in [4.69, 9.17) is 0 Å². The molecule has 0 amide bonds. The molecule has 5 nitrogen and oxygen atoms in total. The number of allylic oxidation sites excluding steroid dienone is 1. The van der Waals surface area contributed by atoms with Crippen molar-refractivity contribution < 1.29 is 24.1 Å². The lowest BCUT2D eigenvalue weighted by Crippen LogP contribution is -2.48. The van der Waals surface area contributed by atoms with Crippen LogP contribution >= 0.6 is 14.3 Å². The zero-order valence-electron chi connectivity index (χ0n) is 28.2. The van der Waals surface area contributed by atoms with Gasteiger partial charge in [-0.3, -0.25) is 4.79 Å². The lowest BCUT2D eigenvalue weighted by molar-refractivity contribution is -0.124. The smallest absolute Gasteiger partial charge is 0.149 e. The Labute approximate surface area is 285 Å². The molecule has 2 N–H and O–H groups in total. The van der Waals surface area contributed by atoms with E-state index in [1.165, 1.54) is 0 Å². The van der Waals surface area contributed by atoms with Crippen molar-refractivity contribution in [3.63, 3.8) is 0 Å². The van der Waals surface area contributed by atoms with Gasteiger partial charge >= 0.3 is 0 Å². The Bertz CT molecular complexity index is 1700. The molecule has 0 heterocycles. The standard InChI is InChI=1S/C22H27O2P.C19H21O3P/c1-17(2)18-14-15-22(3,23)21(16-18)25(24,19-10-6-4-7-11-19)20-12-8-5-9-13-20;1-19(21)13-12-15(20)14-18(19)23(22,16-8-4-2-5-9-16)17-10-6-3-7-11-17/h4-13,18,21,23H,1,14-16H2,2-3H3;2-11,18,21H,12-14H2,1H3/t18-,21+,22+;18-,19-/m01/s1. The van der Waals surface area contributed by atoms with Crippen LogP contribution in [0.15, 0.2) is 133 Å². The molecule has 2 aliphatic rings. The van der Waals surface area contributed by atoms with E-state index in [1.807, 2.05) is 135 Å². The Balaban J connectivity index is 0.000000188. The summed E-state index contributed by atoms with van der Waals surface area (Å²) in [6, 6.07) is 37.9. The van der Waals surface area contributed by atoms with E-state index in [1.54, 1.807) is 6.92 Å². The van der Waals surface area contributed by atoms with Crippen molar-refractivity contribution in [3.8, 4) is 0 Å². The first-order valence-corrected chi connectivity index (χ1v) is 20.4. The van der Waals surface area contributed by atoms with E-state index >= 15 is 0 Å². The van der Waals surface area contributed by atoms with Gasteiger partial charge in [-0.1, -0.05) is 133 Å². The van der Waals surface area contributed by atoms with E-state index in [-0.39, 0.29) is 17.9 Å². The quantitative estimate of drug-likeness (QED) is 0.157. The Morgan fingerprint density at radius 3 is 1.38 bits per heavy atom. The summed E-state index contributed by atoms with van der Waals surface area (Å²) in [6.07, 6.45) is 3.14. The number of Topliss-reactive ketones (excluding diaryl/α,β-unsaturated/α-hetero) is 1. The minimum atomic E-state index is -3.13. The molecule has 2 saturated carbocycles. The van der Waals surface area contributed by atoms with Crippen LogP contribution < -0.4 is 21.2 Å². The Morgan fingerprint density at radius 1 is 0.646 bits per heavy atom. The lowest BCUT2D eigenvalue weighted by atomic mass is 9.77. The molecule has 6 rings (SSSR count). The van der Waals surface area contributed by atoms with Crippen molar-refractivity contribution in [1.82, 2.24) is 0 Å². The molecule has 0 radical (unpaired) electrons. The van der Waals surface area contributed by atoms with Crippen molar-refractivity contribution in [2.45, 2.75) is 81.8 Å². The van der Waals surface area contributed by atoms with Crippen molar-refractivity contribution in [1.29, 1.82) is 0 Å². The predicted octanol–water partition coefficient (Wildman–Crippen LogP) is 7.37. The van der Waals surface area contributed by atoms with Gasteiger partial charge in [0, 0.05) is 39.7 Å². The minimum absolute atomic E-state index is 0.0774. The molecule has 48 heavy (non-hydrogen) atoms. The van der Waals surface area contributed by atoms with Gasteiger partial charge in [0.05, 0.1) is 16.9 Å². The summed E-state index contributed by atoms with van der Waals surface area (Å²) in [7, 11) is -6.12. The van der Waals surface area contributed by atoms with Crippen LogP contribution in [0.1, 0.15) is 59.3 Å². The maximum Gasteiger partial charge on any atom is 0.149 e. The number of benzene rings is 4. The van der Waals surface area contributed by atoms with Crippen LogP contribution in [-0.2, 0) is 13.9 Å². The van der Waals surface area contributed by atoms with Crippen LogP contribution in [0, 0.1) is 5.92 Å². The zero-order valence-corrected chi connectivity index (χ0v) is 30.0. The lowest BCUT2D eigenvalue weighted by Gasteiger charge is -2.45. The number of rotatable bonds is 7. The maximum atomic E-state index is 14.6. The van der Waals surface area contributed by atoms with Gasteiger partial charge in [0.25, 0.3) is 0 Å². The van der Waals surface area contributed by atoms with Gasteiger partial charge in [-0.15, -0.1) is 0 Å². The Kier molecular flexibility index (Phi) is 11.0. The fraction of sp³-hybridized carbons (Fsp3) is 0.341. The number of carbonyl (C=O) groups excluding carboxylic acids is 1. The minimum Gasteiger partial charge on any atom is -0.389 e. The molecule has 5 atom stereocenters. The molecule has 7 heteroatoms. The molecule has 0 spiro atoms. The zero-order chi connectivity index (χ0) is 34.6. The third-order valence-electron chi connectivity index (χ3n) is 10.4. The fourth-order valence-electron chi connectivity index (χ4n) is 7.49. The maximum absolute atomic E-state index is 14.6. The number of hydrogen-bond donors (Lipinski definition) is 2. The molecule has 2 fully saturated rings. The first kappa shape index (κ1) is 36.0. The van der Waals surface area contributed by atoms with Crippen molar-refractivity contribution in [2.75, 3.05) is 0 Å². The molecule has 4 aromatic carbocycles. The normalized spacial score (nSPS) is 26.2. The first-order chi connectivity index (χ1) is 22.8. The summed E-state index contributed by atoms with van der Waals surface area (Å²) < 4.78 is 28.8. The van der Waals surface area contributed by atoms with E-state index in [0.717, 1.165) is 22.6 Å². The third kappa shape index (κ3) is 7.31. The van der Waals surface area contributed by atoms with Gasteiger partial charge < -0.3 is 19.3 Å². The summed E-state index contributed by atoms with van der Waals surface area (Å²) in [5.74, 6) is 0.389. The highest BCUT2D eigenvalue weighted by atomic mass is 31.2. The van der Waals surface area contributed by atoms with Crippen LogP contribution in [0.3, 0.4) is 0 Å². The van der Waals surface area contributed by atoms with Gasteiger partial charge in [-0.2, -0.15) is 0 Å². The van der Waals surface area contributed by atoms with Crippen LogP contribution in [0.4, 0.5) is 0 Å². The molecule has 0 aliphatic heterocycles.